The van der Waals surface area contributed by atoms with Crippen molar-refractivity contribution in [1.29, 1.82) is 0 Å². The van der Waals surface area contributed by atoms with E-state index in [1.807, 2.05) is 0 Å². The van der Waals surface area contributed by atoms with Gasteiger partial charge in [-0.05, 0) is 30.7 Å². The van der Waals surface area contributed by atoms with Crippen molar-refractivity contribution >= 4 is 35.4 Å². The molecule has 1 aliphatic rings. The molecule has 2 aromatic rings. The second kappa shape index (κ2) is 9.33. The van der Waals surface area contributed by atoms with E-state index < -0.39 is 17.6 Å². The maximum atomic E-state index is 13.5. The van der Waals surface area contributed by atoms with Gasteiger partial charge < -0.3 is 0 Å². The average molecular weight is 415 g/mol. The Morgan fingerprint density at radius 3 is 2.14 bits per heavy atom. The van der Waals surface area contributed by atoms with Crippen LogP contribution in [0.3, 0.4) is 0 Å². The molecule has 3 rings (SSSR count). The molecule has 0 atom stereocenters. The van der Waals surface area contributed by atoms with Crippen molar-refractivity contribution in [3.05, 3.63) is 65.5 Å². The zero-order valence-corrected chi connectivity index (χ0v) is 16.1. The number of imide groups is 1. The zero-order valence-electron chi connectivity index (χ0n) is 15.3. The average Bonchev–Trinajstić information content (AvgIpc) is 2.97. The number of hydrazine groups is 1. The van der Waals surface area contributed by atoms with Gasteiger partial charge in [-0.25, -0.2) is 4.39 Å². The number of halogens is 1. The minimum Gasteiger partial charge on any atom is -0.274 e. The van der Waals surface area contributed by atoms with E-state index in [1.165, 1.54) is 6.07 Å². The summed E-state index contributed by atoms with van der Waals surface area (Å²) < 4.78 is 13.5. The molecule has 29 heavy (non-hydrogen) atoms. The summed E-state index contributed by atoms with van der Waals surface area (Å²) in [5, 5.41) is 0. The number of rotatable bonds is 7. The first-order chi connectivity index (χ1) is 14.0. The first-order valence-electron chi connectivity index (χ1n) is 8.87. The van der Waals surface area contributed by atoms with Gasteiger partial charge in [0.25, 0.3) is 11.8 Å². The summed E-state index contributed by atoms with van der Waals surface area (Å²) >= 11 is 1.02. The number of nitrogens with one attached hydrogen (secondary N) is 2. The molecule has 0 saturated carbocycles. The standard InChI is InChI=1S/C20H18FN3O4S/c21-15-8-3-4-9-16(15)29-12-18(26)23-22-17(25)10-5-11-24-19(27)13-6-1-2-7-14(13)20(24)28/h1-4,6-9H,5,10-12H2,(H,22,25)(H,23,26). The van der Waals surface area contributed by atoms with Crippen LogP contribution in [0.25, 0.3) is 0 Å². The third-order valence-corrected chi connectivity index (χ3v) is 5.25. The van der Waals surface area contributed by atoms with E-state index in [9.17, 15) is 23.6 Å². The summed E-state index contributed by atoms with van der Waals surface area (Å²) in [5.41, 5.74) is 5.24. The Hall–Kier alpha value is -3.20. The number of hydrogen-bond donors (Lipinski definition) is 2. The second-order valence-electron chi connectivity index (χ2n) is 6.23. The van der Waals surface area contributed by atoms with Crippen molar-refractivity contribution in [3.63, 3.8) is 0 Å². The maximum Gasteiger partial charge on any atom is 0.261 e. The highest BCUT2D eigenvalue weighted by Crippen LogP contribution is 2.22. The fourth-order valence-electron chi connectivity index (χ4n) is 2.78. The minimum absolute atomic E-state index is 0.0220. The lowest BCUT2D eigenvalue weighted by atomic mass is 10.1. The van der Waals surface area contributed by atoms with Crippen LogP contribution in [0.4, 0.5) is 4.39 Å². The monoisotopic (exact) mass is 415 g/mol. The normalized spacial score (nSPS) is 12.7. The number of carbonyl (C=O) groups excluding carboxylic acids is 4. The van der Waals surface area contributed by atoms with E-state index in [0.717, 1.165) is 16.7 Å². The molecule has 7 nitrogen and oxygen atoms in total. The van der Waals surface area contributed by atoms with Gasteiger partial charge in [0.15, 0.2) is 0 Å². The van der Waals surface area contributed by atoms with Crippen molar-refractivity contribution in [3.8, 4) is 0 Å². The quantitative estimate of drug-likeness (QED) is 0.410. The van der Waals surface area contributed by atoms with Gasteiger partial charge in [0.2, 0.25) is 11.8 Å². The predicted octanol–water partition coefficient (Wildman–Crippen LogP) is 2.14. The molecule has 1 heterocycles. The van der Waals surface area contributed by atoms with Gasteiger partial charge in [0.1, 0.15) is 5.82 Å². The van der Waals surface area contributed by atoms with E-state index in [1.54, 1.807) is 42.5 Å². The Bertz CT molecular complexity index is 931. The molecule has 2 aromatic carbocycles. The highest BCUT2D eigenvalue weighted by atomic mass is 32.2. The number of nitrogens with zero attached hydrogens (tertiary/aromatic N) is 1. The number of thioether (sulfide) groups is 1. The Labute approximate surface area is 170 Å². The summed E-state index contributed by atoms with van der Waals surface area (Å²) in [6.45, 7) is 0.108. The van der Waals surface area contributed by atoms with Crippen LogP contribution >= 0.6 is 11.8 Å². The van der Waals surface area contributed by atoms with Crippen LogP contribution in [0.2, 0.25) is 0 Å². The first-order valence-corrected chi connectivity index (χ1v) is 9.86. The van der Waals surface area contributed by atoms with Crippen molar-refractivity contribution in [2.75, 3.05) is 12.3 Å². The van der Waals surface area contributed by atoms with Crippen LogP contribution in [0, 0.1) is 5.82 Å². The molecular weight excluding hydrogens is 397 g/mol. The summed E-state index contributed by atoms with van der Waals surface area (Å²) in [6, 6.07) is 12.7. The van der Waals surface area contributed by atoms with Crippen molar-refractivity contribution in [2.24, 2.45) is 0 Å². The van der Waals surface area contributed by atoms with Gasteiger partial charge in [0, 0.05) is 17.9 Å². The SMILES string of the molecule is O=C(CCCN1C(=O)c2ccccc2C1=O)NNC(=O)CSc1ccccc1F. The molecule has 0 aliphatic carbocycles. The predicted molar refractivity (Wildman–Crippen MR) is 104 cm³/mol. The Morgan fingerprint density at radius 2 is 1.48 bits per heavy atom. The molecular formula is C20H18FN3O4S. The van der Waals surface area contributed by atoms with Crippen LogP contribution in [0.5, 0.6) is 0 Å². The van der Waals surface area contributed by atoms with Crippen molar-refractivity contribution < 1.29 is 23.6 Å². The Kier molecular flexibility index (Phi) is 6.61. The van der Waals surface area contributed by atoms with E-state index in [4.69, 9.17) is 0 Å². The zero-order chi connectivity index (χ0) is 20.8. The molecule has 9 heteroatoms. The van der Waals surface area contributed by atoms with E-state index in [2.05, 4.69) is 10.9 Å². The lowest BCUT2D eigenvalue weighted by Gasteiger charge is -2.13. The molecule has 150 valence electrons. The minimum atomic E-state index is -0.480. The fourth-order valence-corrected chi connectivity index (χ4v) is 3.52. The largest absolute Gasteiger partial charge is 0.274 e. The van der Waals surface area contributed by atoms with Gasteiger partial charge in [-0.3, -0.25) is 34.9 Å². The van der Waals surface area contributed by atoms with E-state index >= 15 is 0 Å². The van der Waals surface area contributed by atoms with Gasteiger partial charge in [-0.2, -0.15) is 0 Å². The van der Waals surface area contributed by atoms with Gasteiger partial charge in [0.05, 0.1) is 16.9 Å². The Balaban J connectivity index is 1.36. The molecule has 0 unspecified atom stereocenters. The third kappa shape index (κ3) is 5.00. The fraction of sp³-hybridized carbons (Fsp3) is 0.200. The van der Waals surface area contributed by atoms with Crippen LogP contribution in [-0.4, -0.2) is 40.8 Å². The van der Waals surface area contributed by atoms with Crippen LogP contribution in [-0.2, 0) is 9.59 Å². The van der Waals surface area contributed by atoms with Gasteiger partial charge in [-0.15, -0.1) is 11.8 Å². The Morgan fingerprint density at radius 1 is 0.897 bits per heavy atom. The molecule has 0 fully saturated rings. The molecule has 1 aliphatic heterocycles. The number of carbonyl (C=O) groups is 4. The molecule has 0 radical (unpaired) electrons. The van der Waals surface area contributed by atoms with E-state index in [-0.39, 0.29) is 37.0 Å². The maximum absolute atomic E-state index is 13.5. The lowest BCUT2D eigenvalue weighted by molar-refractivity contribution is -0.127. The van der Waals surface area contributed by atoms with E-state index in [0.29, 0.717) is 16.0 Å². The highest BCUT2D eigenvalue weighted by Gasteiger charge is 2.34. The number of fused-ring (bicyclic) bond motifs is 1. The molecule has 4 amide bonds. The van der Waals surface area contributed by atoms with Gasteiger partial charge in [-0.1, -0.05) is 24.3 Å². The highest BCUT2D eigenvalue weighted by molar-refractivity contribution is 8.00. The summed E-state index contributed by atoms with van der Waals surface area (Å²) in [4.78, 5) is 49.5. The molecule has 0 saturated heterocycles. The molecule has 0 spiro atoms. The van der Waals surface area contributed by atoms with Crippen LogP contribution in [0.15, 0.2) is 53.4 Å². The summed E-state index contributed by atoms with van der Waals surface area (Å²) in [7, 11) is 0. The number of amides is 4. The lowest BCUT2D eigenvalue weighted by Crippen LogP contribution is -2.42. The third-order valence-electron chi connectivity index (χ3n) is 4.20. The van der Waals surface area contributed by atoms with Crippen molar-refractivity contribution in [2.45, 2.75) is 17.7 Å². The molecule has 0 aromatic heterocycles. The number of benzene rings is 2. The second-order valence-corrected chi connectivity index (χ2v) is 7.24. The van der Waals surface area contributed by atoms with Crippen LogP contribution in [0.1, 0.15) is 33.6 Å². The molecule has 2 N–H and O–H groups in total. The van der Waals surface area contributed by atoms with Gasteiger partial charge >= 0.3 is 0 Å². The van der Waals surface area contributed by atoms with Crippen molar-refractivity contribution in [1.82, 2.24) is 15.8 Å². The number of hydrogen-bond acceptors (Lipinski definition) is 5. The topological polar surface area (TPSA) is 95.6 Å². The smallest absolute Gasteiger partial charge is 0.261 e. The summed E-state index contributed by atoms with van der Waals surface area (Å²) in [5.74, 6) is -2.15. The van der Waals surface area contributed by atoms with Crippen LogP contribution < -0.4 is 10.9 Å². The summed E-state index contributed by atoms with van der Waals surface area (Å²) in [6.07, 6.45) is 0.283. The first kappa shape index (κ1) is 20.5. The molecule has 0 bridgehead atoms.